The number of ether oxygens (including phenoxy) is 2. The number of allylic oxidation sites excluding steroid dienone is 4. The summed E-state index contributed by atoms with van der Waals surface area (Å²) in [4.78, 5) is 42.5. The zero-order valence-corrected chi connectivity index (χ0v) is 22.6. The highest BCUT2D eigenvalue weighted by atomic mass is 35.5. The van der Waals surface area contributed by atoms with Crippen LogP contribution in [0.2, 0.25) is 0 Å². The van der Waals surface area contributed by atoms with Gasteiger partial charge < -0.3 is 14.6 Å². The van der Waals surface area contributed by atoms with Crippen molar-refractivity contribution in [2.75, 3.05) is 13.7 Å². The highest BCUT2D eigenvalue weighted by Gasteiger charge is 2.68. The first-order valence-electron chi connectivity index (χ1n) is 13.1. The van der Waals surface area contributed by atoms with Crippen molar-refractivity contribution >= 4 is 35.0 Å². The summed E-state index contributed by atoms with van der Waals surface area (Å²) in [5.74, 6) is -2.27. The highest BCUT2D eigenvalue weighted by Crippen LogP contribution is 2.65. The first kappa shape index (κ1) is 27.1. The number of halogens is 1. The fourth-order valence-corrected chi connectivity index (χ4v) is 8.11. The molecule has 8 heteroatoms. The Kier molecular flexibility index (Phi) is 7.55. The molecule has 0 aliphatic heterocycles. The molecule has 0 aromatic rings. The molecule has 3 saturated carbocycles. The van der Waals surface area contributed by atoms with E-state index in [2.05, 4.69) is 24.1 Å². The van der Waals surface area contributed by atoms with E-state index in [0.717, 1.165) is 5.71 Å². The highest BCUT2D eigenvalue weighted by molar-refractivity contribution is 6.21. The second-order valence-electron chi connectivity index (χ2n) is 11.0. The Bertz CT molecular complexity index is 1020. The number of rotatable bonds is 6. The quantitative estimate of drug-likeness (QED) is 0.419. The van der Waals surface area contributed by atoms with Gasteiger partial charge in [-0.15, -0.1) is 11.6 Å². The van der Waals surface area contributed by atoms with Crippen molar-refractivity contribution in [1.82, 2.24) is 0 Å². The van der Waals surface area contributed by atoms with Gasteiger partial charge in [0.2, 0.25) is 5.78 Å². The molecule has 0 amide bonds. The number of carbonyl (C=O) groups is 3. The van der Waals surface area contributed by atoms with E-state index in [0.29, 0.717) is 19.3 Å². The first-order valence-corrected chi connectivity index (χ1v) is 13.6. The largest absolute Gasteiger partial charge is 0.457 e. The van der Waals surface area contributed by atoms with Crippen molar-refractivity contribution in [1.29, 1.82) is 0 Å². The summed E-state index contributed by atoms with van der Waals surface area (Å²) in [7, 11) is 1.76. The minimum absolute atomic E-state index is 0.0144. The molecule has 9 atom stereocenters. The molecule has 1 N–H and O–H groups in total. The number of hydrogen-bond donors (Lipinski definition) is 1. The normalized spacial score (nSPS) is 42.1. The molecule has 36 heavy (non-hydrogen) atoms. The number of aliphatic hydroxyl groups is 1. The van der Waals surface area contributed by atoms with Gasteiger partial charge in [-0.05, 0) is 43.3 Å². The monoisotopic (exact) mass is 519 g/mol. The lowest BCUT2D eigenvalue weighted by atomic mass is 9.49. The molecule has 0 spiro atoms. The third-order valence-electron chi connectivity index (χ3n) is 9.30. The maximum Gasteiger partial charge on any atom is 0.306 e. The number of fused-ring (bicyclic) bond motifs is 5. The molecule has 0 bridgehead atoms. The lowest BCUT2D eigenvalue weighted by Gasteiger charge is -2.57. The van der Waals surface area contributed by atoms with E-state index >= 15 is 0 Å². The molecule has 3 fully saturated rings. The van der Waals surface area contributed by atoms with E-state index in [9.17, 15) is 19.5 Å². The predicted molar refractivity (Wildman–Crippen MR) is 137 cm³/mol. The van der Waals surface area contributed by atoms with E-state index in [1.54, 1.807) is 20.9 Å². The molecular weight excluding hydrogens is 482 g/mol. The van der Waals surface area contributed by atoms with Gasteiger partial charge in [0.05, 0.1) is 11.8 Å². The third kappa shape index (κ3) is 4.16. The second kappa shape index (κ2) is 10.1. The zero-order chi connectivity index (χ0) is 26.4. The van der Waals surface area contributed by atoms with Crippen LogP contribution in [-0.2, 0) is 23.9 Å². The number of esters is 2. The predicted octanol–water partition coefficient (Wildman–Crippen LogP) is 4.05. The van der Waals surface area contributed by atoms with Crippen LogP contribution in [0.4, 0.5) is 0 Å². The molecule has 1 unspecified atom stereocenters. The van der Waals surface area contributed by atoms with Crippen LogP contribution in [0, 0.1) is 35.0 Å². The molecule has 0 radical (unpaired) electrons. The Morgan fingerprint density at radius 2 is 1.89 bits per heavy atom. The molecule has 198 valence electrons. The van der Waals surface area contributed by atoms with Crippen LogP contribution in [0.25, 0.3) is 0 Å². The Balaban J connectivity index is 1.73. The minimum Gasteiger partial charge on any atom is -0.457 e. The lowest BCUT2D eigenvalue weighted by molar-refractivity contribution is -0.187. The van der Waals surface area contributed by atoms with Crippen molar-refractivity contribution < 1.29 is 29.0 Å². The van der Waals surface area contributed by atoms with E-state index in [1.807, 2.05) is 13.0 Å². The van der Waals surface area contributed by atoms with E-state index in [4.69, 9.17) is 21.1 Å². The topological polar surface area (TPSA) is 102 Å². The Labute approximate surface area is 218 Å². The van der Waals surface area contributed by atoms with Gasteiger partial charge in [-0.25, -0.2) is 0 Å². The molecule has 0 aromatic carbocycles. The van der Waals surface area contributed by atoms with Gasteiger partial charge in [0.15, 0.2) is 12.2 Å². The molecule has 0 heterocycles. The minimum atomic E-state index is -1.45. The van der Waals surface area contributed by atoms with Crippen LogP contribution >= 0.6 is 11.6 Å². The van der Waals surface area contributed by atoms with E-state index in [1.165, 1.54) is 5.57 Å². The zero-order valence-electron chi connectivity index (χ0n) is 21.8. The van der Waals surface area contributed by atoms with E-state index < -0.39 is 42.0 Å². The van der Waals surface area contributed by atoms with E-state index in [-0.39, 0.29) is 47.3 Å². The van der Waals surface area contributed by atoms with Crippen molar-refractivity contribution in [3.63, 3.8) is 0 Å². The summed E-state index contributed by atoms with van der Waals surface area (Å²) in [6, 6.07) is 0. The first-order chi connectivity index (χ1) is 17.0. The molecular formula is C28H38ClNO6. The van der Waals surface area contributed by atoms with Crippen LogP contribution in [0.3, 0.4) is 0 Å². The Hall–Kier alpha value is -1.99. The fourth-order valence-electron chi connectivity index (χ4n) is 7.60. The SMILES string of the molecule is CCC(=O)OCC(=O)[C@]1(OC(=O)CC)C2C[C@H](O)[C@H]3[C@@H]([C@H](Cl)CC4=CC(=NC)C=C[C@@]43C)[C@@H]2C[C@H]1C. The second-order valence-corrected chi connectivity index (χ2v) is 11.6. The van der Waals surface area contributed by atoms with Gasteiger partial charge in [-0.2, -0.15) is 0 Å². The summed E-state index contributed by atoms with van der Waals surface area (Å²) in [6.45, 7) is 6.98. The molecule has 0 aromatic heterocycles. The average molecular weight is 520 g/mol. The molecule has 0 saturated heterocycles. The van der Waals surface area contributed by atoms with Crippen molar-refractivity contribution in [2.45, 2.75) is 76.9 Å². The van der Waals surface area contributed by atoms with Crippen LogP contribution in [0.1, 0.15) is 59.8 Å². The molecule has 4 aliphatic rings. The van der Waals surface area contributed by atoms with Crippen molar-refractivity contribution in [3.8, 4) is 0 Å². The van der Waals surface area contributed by atoms with Gasteiger partial charge in [0.25, 0.3) is 0 Å². The smallest absolute Gasteiger partial charge is 0.306 e. The average Bonchev–Trinajstić information content (AvgIpc) is 3.13. The number of aliphatic imine (C=N–C) groups is 1. The lowest BCUT2D eigenvalue weighted by Crippen LogP contribution is -2.60. The number of hydrogen-bond acceptors (Lipinski definition) is 7. The molecule has 4 aliphatic carbocycles. The maximum atomic E-state index is 13.7. The summed E-state index contributed by atoms with van der Waals surface area (Å²) >= 11 is 7.09. The number of aliphatic hydroxyl groups excluding tert-OH is 1. The van der Waals surface area contributed by atoms with Crippen LogP contribution < -0.4 is 0 Å². The molecule has 4 rings (SSSR count). The summed E-state index contributed by atoms with van der Waals surface area (Å²) in [6.07, 6.45) is 7.39. The summed E-state index contributed by atoms with van der Waals surface area (Å²) < 4.78 is 11.2. The van der Waals surface area contributed by atoms with Crippen LogP contribution in [0.5, 0.6) is 0 Å². The summed E-state index contributed by atoms with van der Waals surface area (Å²) in [5, 5.41) is 11.4. The van der Waals surface area contributed by atoms with Crippen molar-refractivity contribution in [3.05, 3.63) is 23.8 Å². The summed E-state index contributed by atoms with van der Waals surface area (Å²) in [5.41, 5.74) is 0.237. The van der Waals surface area contributed by atoms with Gasteiger partial charge >= 0.3 is 11.9 Å². The number of alkyl halides is 1. The Morgan fingerprint density at radius 1 is 1.19 bits per heavy atom. The third-order valence-corrected chi connectivity index (χ3v) is 9.75. The number of Topliss-reactive ketones (excluding diaryl/α,β-unsaturated/α-hetero) is 1. The van der Waals surface area contributed by atoms with Crippen LogP contribution in [-0.4, -0.2) is 59.3 Å². The van der Waals surface area contributed by atoms with Crippen LogP contribution in [0.15, 0.2) is 28.8 Å². The number of carbonyl (C=O) groups excluding carboxylic acids is 3. The molecule has 7 nitrogen and oxygen atoms in total. The van der Waals surface area contributed by atoms with Gasteiger partial charge in [0.1, 0.15) is 0 Å². The van der Waals surface area contributed by atoms with Gasteiger partial charge in [-0.1, -0.05) is 39.3 Å². The van der Waals surface area contributed by atoms with Crippen molar-refractivity contribution in [2.24, 2.45) is 40.0 Å². The number of nitrogens with zero attached hydrogens (tertiary/aromatic N) is 1. The van der Waals surface area contributed by atoms with Gasteiger partial charge in [-0.3, -0.25) is 19.4 Å². The standard InChI is InChI=1S/C28H38ClNO6/c1-6-23(33)35-14-22(32)28(36-24(34)7-2)15(3)10-18-19(28)13-21(31)26-25(18)20(29)12-16-11-17(30-5)8-9-27(16,26)4/h8-9,11,15,18-21,25-26,31H,6-7,10,12-14H2,1-5H3/t15-,18-,19?,20-,21+,25-,26+,27+,28-/m1/s1. The van der Waals surface area contributed by atoms with Gasteiger partial charge in [0, 0.05) is 48.4 Å². The number of ketones is 1. The maximum absolute atomic E-state index is 13.7. The fraction of sp³-hybridized carbons (Fsp3) is 0.714. The Morgan fingerprint density at radius 3 is 2.53 bits per heavy atom.